The Morgan fingerprint density at radius 1 is 0.885 bits per heavy atom. The van der Waals surface area contributed by atoms with Gasteiger partial charge in [-0.2, -0.15) is 0 Å². The zero-order valence-corrected chi connectivity index (χ0v) is 15.8. The van der Waals surface area contributed by atoms with Gasteiger partial charge in [0.2, 0.25) is 5.91 Å². The average Bonchev–Trinajstić information content (AvgIpc) is 2.61. The SMILES string of the molecule is O=C(COc1ccc(Cl)cc1)NNC(=S)NC(=O)Cc1ccc(Cl)cc1. The molecule has 0 aliphatic carbocycles. The van der Waals surface area contributed by atoms with Gasteiger partial charge in [-0.3, -0.25) is 20.4 Å². The molecule has 2 aromatic carbocycles. The number of hydrogen-bond donors (Lipinski definition) is 3. The van der Waals surface area contributed by atoms with Crippen molar-refractivity contribution < 1.29 is 14.3 Å². The van der Waals surface area contributed by atoms with Crippen LogP contribution in [0.1, 0.15) is 5.56 Å². The molecule has 0 fully saturated rings. The van der Waals surface area contributed by atoms with Crippen LogP contribution in [-0.2, 0) is 16.0 Å². The second-order valence-electron chi connectivity index (χ2n) is 5.10. The Labute approximate surface area is 165 Å². The molecule has 0 bridgehead atoms. The van der Waals surface area contributed by atoms with Crippen LogP contribution in [0.4, 0.5) is 0 Å². The second kappa shape index (κ2) is 9.96. The third-order valence-corrected chi connectivity index (χ3v) is 3.74. The molecule has 3 N–H and O–H groups in total. The summed E-state index contributed by atoms with van der Waals surface area (Å²) >= 11 is 16.5. The number of rotatable bonds is 5. The van der Waals surface area contributed by atoms with Gasteiger partial charge in [-0.1, -0.05) is 35.3 Å². The van der Waals surface area contributed by atoms with Crippen LogP contribution in [0.5, 0.6) is 5.75 Å². The third-order valence-electron chi connectivity index (χ3n) is 3.03. The standard InChI is InChI=1S/C17H15Cl2N3O3S/c18-12-3-1-11(2-4-12)9-15(23)20-17(26)22-21-16(24)10-25-14-7-5-13(19)6-8-14/h1-8H,9-10H2,(H,21,24)(H2,20,22,23,26). The first-order valence-corrected chi connectivity index (χ1v) is 8.60. The Kier molecular flexibility index (Phi) is 7.65. The third kappa shape index (κ3) is 7.26. The maximum absolute atomic E-state index is 11.9. The van der Waals surface area contributed by atoms with Gasteiger partial charge in [0, 0.05) is 10.0 Å². The molecule has 0 aromatic heterocycles. The zero-order valence-electron chi connectivity index (χ0n) is 13.4. The lowest BCUT2D eigenvalue weighted by Gasteiger charge is -2.11. The molecule has 0 spiro atoms. The molecule has 2 aromatic rings. The fraction of sp³-hybridized carbons (Fsp3) is 0.118. The first kappa shape index (κ1) is 20.0. The van der Waals surface area contributed by atoms with Crippen LogP contribution in [0.15, 0.2) is 48.5 Å². The first-order valence-electron chi connectivity index (χ1n) is 7.44. The Hall–Kier alpha value is -2.35. The highest BCUT2D eigenvalue weighted by atomic mass is 35.5. The predicted octanol–water partition coefficient (Wildman–Crippen LogP) is 2.64. The molecule has 0 saturated carbocycles. The minimum atomic E-state index is -0.464. The van der Waals surface area contributed by atoms with Crippen LogP contribution in [0.2, 0.25) is 10.0 Å². The fourth-order valence-corrected chi connectivity index (χ4v) is 2.25. The number of carbonyl (C=O) groups excluding carboxylic acids is 2. The molecule has 0 aliphatic heterocycles. The summed E-state index contributed by atoms with van der Waals surface area (Å²) in [6.07, 6.45) is 0.132. The number of benzene rings is 2. The molecular weight excluding hydrogens is 397 g/mol. The van der Waals surface area contributed by atoms with Crippen LogP contribution >= 0.6 is 35.4 Å². The van der Waals surface area contributed by atoms with E-state index in [9.17, 15) is 9.59 Å². The van der Waals surface area contributed by atoms with E-state index in [0.29, 0.717) is 15.8 Å². The smallest absolute Gasteiger partial charge is 0.276 e. The van der Waals surface area contributed by atoms with E-state index in [4.69, 9.17) is 40.2 Å². The van der Waals surface area contributed by atoms with E-state index in [1.807, 2.05) is 0 Å². The quantitative estimate of drug-likeness (QED) is 0.520. The molecular formula is C17H15Cl2N3O3S. The molecule has 0 unspecified atom stereocenters. The summed E-state index contributed by atoms with van der Waals surface area (Å²) in [5, 5.41) is 3.60. The van der Waals surface area contributed by atoms with E-state index in [1.165, 1.54) is 0 Å². The summed E-state index contributed by atoms with van der Waals surface area (Å²) in [5.41, 5.74) is 5.55. The van der Waals surface area contributed by atoms with Crippen molar-refractivity contribution in [2.75, 3.05) is 6.61 Å². The fourth-order valence-electron chi connectivity index (χ4n) is 1.83. The van der Waals surface area contributed by atoms with Crippen LogP contribution in [0, 0.1) is 0 Å². The number of amides is 2. The molecule has 0 atom stereocenters. The lowest BCUT2D eigenvalue weighted by atomic mass is 10.1. The maximum Gasteiger partial charge on any atom is 0.276 e. The highest BCUT2D eigenvalue weighted by molar-refractivity contribution is 7.80. The average molecular weight is 412 g/mol. The van der Waals surface area contributed by atoms with Crippen molar-refractivity contribution in [3.63, 3.8) is 0 Å². The van der Waals surface area contributed by atoms with Crippen molar-refractivity contribution >= 4 is 52.3 Å². The number of ether oxygens (including phenoxy) is 1. The van der Waals surface area contributed by atoms with Gasteiger partial charge >= 0.3 is 0 Å². The van der Waals surface area contributed by atoms with Crippen molar-refractivity contribution in [1.82, 2.24) is 16.2 Å². The van der Waals surface area contributed by atoms with Gasteiger partial charge in [0.05, 0.1) is 6.42 Å². The van der Waals surface area contributed by atoms with Gasteiger partial charge in [0.15, 0.2) is 11.7 Å². The molecule has 0 heterocycles. The molecule has 136 valence electrons. The van der Waals surface area contributed by atoms with E-state index in [0.717, 1.165) is 5.56 Å². The molecule has 0 radical (unpaired) electrons. The van der Waals surface area contributed by atoms with Crippen LogP contribution in [-0.4, -0.2) is 23.5 Å². The Balaban J connectivity index is 1.67. The van der Waals surface area contributed by atoms with Crippen LogP contribution in [0.3, 0.4) is 0 Å². The number of thiocarbonyl (C=S) groups is 1. The molecule has 9 heteroatoms. The summed E-state index contributed by atoms with van der Waals surface area (Å²) < 4.78 is 5.27. The molecule has 26 heavy (non-hydrogen) atoms. The van der Waals surface area contributed by atoms with Crippen molar-refractivity contribution in [2.24, 2.45) is 0 Å². The molecule has 2 amide bonds. The van der Waals surface area contributed by atoms with Crippen molar-refractivity contribution in [3.05, 3.63) is 64.1 Å². The number of hydrogen-bond acceptors (Lipinski definition) is 4. The molecule has 0 saturated heterocycles. The van der Waals surface area contributed by atoms with Gasteiger partial charge < -0.3 is 10.1 Å². The van der Waals surface area contributed by atoms with Crippen molar-refractivity contribution in [2.45, 2.75) is 6.42 Å². The topological polar surface area (TPSA) is 79.5 Å². The van der Waals surface area contributed by atoms with E-state index in [2.05, 4.69) is 16.2 Å². The van der Waals surface area contributed by atoms with Gasteiger partial charge in [-0.15, -0.1) is 0 Å². The molecule has 0 aliphatic rings. The van der Waals surface area contributed by atoms with Gasteiger partial charge in [-0.05, 0) is 54.2 Å². The lowest BCUT2D eigenvalue weighted by molar-refractivity contribution is -0.124. The summed E-state index contributed by atoms with van der Waals surface area (Å²) in [5.74, 6) is -0.283. The Morgan fingerprint density at radius 3 is 2.08 bits per heavy atom. The van der Waals surface area contributed by atoms with E-state index < -0.39 is 5.91 Å². The normalized spacial score (nSPS) is 9.92. The summed E-state index contributed by atoms with van der Waals surface area (Å²) in [7, 11) is 0. The van der Waals surface area contributed by atoms with Gasteiger partial charge in [-0.25, -0.2) is 0 Å². The number of hydrazine groups is 1. The summed E-state index contributed by atoms with van der Waals surface area (Å²) in [6.45, 7) is -0.226. The van der Waals surface area contributed by atoms with Crippen LogP contribution in [0.25, 0.3) is 0 Å². The summed E-state index contributed by atoms with van der Waals surface area (Å²) in [4.78, 5) is 23.6. The highest BCUT2D eigenvalue weighted by Gasteiger charge is 2.08. The zero-order chi connectivity index (χ0) is 18.9. The minimum Gasteiger partial charge on any atom is -0.484 e. The Morgan fingerprint density at radius 2 is 1.46 bits per heavy atom. The lowest BCUT2D eigenvalue weighted by Crippen LogP contribution is -2.49. The summed E-state index contributed by atoms with van der Waals surface area (Å²) in [6, 6.07) is 13.5. The molecule has 6 nitrogen and oxygen atoms in total. The van der Waals surface area contributed by atoms with Crippen molar-refractivity contribution in [1.29, 1.82) is 0 Å². The number of nitrogens with one attached hydrogen (secondary N) is 3. The van der Waals surface area contributed by atoms with E-state index in [-0.39, 0.29) is 24.0 Å². The van der Waals surface area contributed by atoms with Crippen molar-refractivity contribution in [3.8, 4) is 5.75 Å². The van der Waals surface area contributed by atoms with E-state index in [1.54, 1.807) is 48.5 Å². The predicted molar refractivity (Wildman–Crippen MR) is 104 cm³/mol. The monoisotopic (exact) mass is 411 g/mol. The van der Waals surface area contributed by atoms with Gasteiger partial charge in [0.1, 0.15) is 5.75 Å². The number of carbonyl (C=O) groups is 2. The number of halogens is 2. The van der Waals surface area contributed by atoms with Crippen LogP contribution < -0.4 is 20.9 Å². The Bertz CT molecular complexity index is 783. The maximum atomic E-state index is 11.9. The second-order valence-corrected chi connectivity index (χ2v) is 6.38. The minimum absolute atomic E-state index is 0.0243. The molecule has 2 rings (SSSR count). The first-order chi connectivity index (χ1) is 12.4. The van der Waals surface area contributed by atoms with E-state index >= 15 is 0 Å². The largest absolute Gasteiger partial charge is 0.484 e. The highest BCUT2D eigenvalue weighted by Crippen LogP contribution is 2.15. The van der Waals surface area contributed by atoms with Gasteiger partial charge in [0.25, 0.3) is 5.91 Å².